The summed E-state index contributed by atoms with van der Waals surface area (Å²) in [7, 11) is 1.33. The van der Waals surface area contributed by atoms with Crippen LogP contribution in [0.25, 0.3) is 0 Å². The molecule has 1 aromatic carbocycles. The molecule has 1 aliphatic carbocycles. The quantitative estimate of drug-likeness (QED) is 0.773. The van der Waals surface area contributed by atoms with E-state index in [4.69, 9.17) is 0 Å². The molecule has 1 aromatic heterocycles. The third-order valence-electron chi connectivity index (χ3n) is 4.71. The number of halogens is 3. The van der Waals surface area contributed by atoms with Crippen LogP contribution in [0.5, 0.6) is 0 Å². The summed E-state index contributed by atoms with van der Waals surface area (Å²) in [4.78, 5) is 14.5. The molecule has 0 aliphatic heterocycles. The highest BCUT2D eigenvalue weighted by molar-refractivity contribution is 5.95. The molecule has 3 rings (SSSR count). The molecule has 4 nitrogen and oxygen atoms in total. The maximum atomic E-state index is 14.3. The fourth-order valence-corrected chi connectivity index (χ4v) is 3.22. The van der Waals surface area contributed by atoms with Gasteiger partial charge in [0, 0.05) is 19.6 Å². The topological polar surface area (TPSA) is 38.1 Å². The van der Waals surface area contributed by atoms with E-state index in [0.717, 1.165) is 23.1 Å². The fourth-order valence-electron chi connectivity index (χ4n) is 3.22. The Morgan fingerprint density at radius 2 is 2.04 bits per heavy atom. The van der Waals surface area contributed by atoms with Gasteiger partial charge in [-0.25, -0.2) is 13.5 Å². The van der Waals surface area contributed by atoms with E-state index in [1.807, 2.05) is 13.8 Å². The molecule has 140 valence electrons. The lowest BCUT2D eigenvalue weighted by atomic mass is 9.96. The third kappa shape index (κ3) is 3.48. The number of benzene rings is 1. The van der Waals surface area contributed by atoms with Crippen molar-refractivity contribution < 1.29 is 18.0 Å². The Bertz CT molecular complexity index is 828. The van der Waals surface area contributed by atoms with Crippen LogP contribution in [0.2, 0.25) is 0 Å². The number of aryl methyl sites for hydroxylation is 1. The number of nitrogens with zero attached hydrogens (tertiary/aromatic N) is 3. The van der Waals surface area contributed by atoms with Crippen LogP contribution >= 0.6 is 0 Å². The Balaban J connectivity index is 1.97. The Morgan fingerprint density at radius 3 is 2.62 bits per heavy atom. The Morgan fingerprint density at radius 1 is 1.35 bits per heavy atom. The smallest absolute Gasteiger partial charge is 0.261 e. The first-order chi connectivity index (χ1) is 12.3. The van der Waals surface area contributed by atoms with Crippen LogP contribution in [0.1, 0.15) is 59.8 Å². The number of alkyl halides is 1. The van der Waals surface area contributed by atoms with Gasteiger partial charge in [0.1, 0.15) is 23.7 Å². The molecule has 0 spiro atoms. The lowest BCUT2D eigenvalue weighted by Crippen LogP contribution is -2.34. The fraction of sp³-hybridized carbons (Fsp3) is 0.474. The highest BCUT2D eigenvalue weighted by Crippen LogP contribution is 2.32. The normalized spacial score (nSPS) is 14.1. The maximum absolute atomic E-state index is 14.3. The number of rotatable bonds is 6. The Labute approximate surface area is 150 Å². The van der Waals surface area contributed by atoms with Crippen molar-refractivity contribution >= 4 is 5.91 Å². The highest BCUT2D eigenvalue weighted by atomic mass is 19.1. The van der Waals surface area contributed by atoms with E-state index in [1.165, 1.54) is 24.1 Å². The zero-order valence-electron chi connectivity index (χ0n) is 15.1. The largest absolute Gasteiger partial charge is 0.331 e. The minimum atomic E-state index is -1.02. The van der Waals surface area contributed by atoms with Crippen LogP contribution in [0.3, 0.4) is 0 Å². The van der Waals surface area contributed by atoms with Crippen molar-refractivity contribution in [3.05, 3.63) is 52.3 Å². The molecule has 0 radical (unpaired) electrons. The molecule has 7 heteroatoms. The molecular formula is C19H22F3N3O. The van der Waals surface area contributed by atoms with Crippen molar-refractivity contribution in [3.63, 3.8) is 0 Å². The van der Waals surface area contributed by atoms with E-state index < -0.39 is 18.5 Å². The van der Waals surface area contributed by atoms with E-state index in [1.54, 1.807) is 6.07 Å². The average molecular weight is 365 g/mol. The summed E-state index contributed by atoms with van der Waals surface area (Å²) < 4.78 is 42.2. The Hall–Kier alpha value is -2.31. The van der Waals surface area contributed by atoms with E-state index >= 15 is 0 Å². The van der Waals surface area contributed by atoms with Crippen molar-refractivity contribution in [3.8, 4) is 0 Å². The van der Waals surface area contributed by atoms with Crippen LogP contribution in [0, 0.1) is 11.8 Å². The first kappa shape index (κ1) is 18.5. The minimum Gasteiger partial charge on any atom is -0.331 e. The monoisotopic (exact) mass is 365 g/mol. The molecule has 1 saturated carbocycles. The number of carbonyl (C=O) groups is 1. The van der Waals surface area contributed by atoms with Crippen LogP contribution in [-0.4, -0.2) is 26.6 Å². The van der Waals surface area contributed by atoms with Gasteiger partial charge in [-0.1, -0.05) is 19.9 Å². The summed E-state index contributed by atoms with van der Waals surface area (Å²) in [5, 5.41) is 3.74. The second-order valence-electron chi connectivity index (χ2n) is 7.03. The van der Waals surface area contributed by atoms with E-state index in [-0.39, 0.29) is 35.6 Å². The molecule has 2 aromatic rings. The van der Waals surface area contributed by atoms with Gasteiger partial charge in [-0.05, 0) is 42.0 Å². The van der Waals surface area contributed by atoms with Gasteiger partial charge in [-0.2, -0.15) is 9.49 Å². The van der Waals surface area contributed by atoms with Gasteiger partial charge in [-0.3, -0.25) is 4.79 Å². The molecule has 1 amide bonds. The molecule has 1 aliphatic rings. The van der Waals surface area contributed by atoms with Crippen LogP contribution in [-0.2, 0) is 20.3 Å². The highest BCUT2D eigenvalue weighted by Gasteiger charge is 2.37. The summed E-state index contributed by atoms with van der Waals surface area (Å²) in [5.41, 5.74) is 1.09. The van der Waals surface area contributed by atoms with Gasteiger partial charge in [0.2, 0.25) is 5.95 Å². The number of carbonyl (C=O) groups excluding carboxylic acids is 1. The van der Waals surface area contributed by atoms with Crippen LogP contribution < -0.4 is 0 Å². The Kier molecular flexibility index (Phi) is 5.07. The summed E-state index contributed by atoms with van der Waals surface area (Å²) in [6.45, 7) is 3.12. The average Bonchev–Trinajstić information content (AvgIpc) is 3.38. The van der Waals surface area contributed by atoms with Gasteiger partial charge in [0.05, 0.1) is 0 Å². The van der Waals surface area contributed by atoms with Gasteiger partial charge in [0.15, 0.2) is 0 Å². The first-order valence-electron chi connectivity index (χ1n) is 8.70. The second kappa shape index (κ2) is 7.13. The van der Waals surface area contributed by atoms with E-state index in [2.05, 4.69) is 5.10 Å². The third-order valence-corrected chi connectivity index (χ3v) is 4.71. The molecule has 1 heterocycles. The summed E-state index contributed by atoms with van der Waals surface area (Å²) in [6, 6.07) is 4.47. The standard InChI is InChI=1S/C19H22F3N3O/c1-11(2)15-7-4-13(21)8-12(15)10-25(14-5-6-14)19(26)17-16(9-20)23-24(3)18(17)22/h4,7-8,11,14H,5-6,9-10H2,1-3H3. The summed E-state index contributed by atoms with van der Waals surface area (Å²) in [6.07, 6.45) is 1.59. The molecule has 0 N–H and O–H groups in total. The van der Waals surface area contributed by atoms with E-state index in [0.29, 0.717) is 5.56 Å². The number of hydrogen-bond donors (Lipinski definition) is 0. The molecule has 0 atom stereocenters. The van der Waals surface area contributed by atoms with Gasteiger partial charge < -0.3 is 4.90 Å². The SMILES string of the molecule is CC(C)c1ccc(F)cc1CN(C(=O)c1c(CF)nn(C)c1F)C1CC1. The van der Waals surface area contributed by atoms with Crippen LogP contribution in [0.15, 0.2) is 18.2 Å². The molecular weight excluding hydrogens is 343 g/mol. The van der Waals surface area contributed by atoms with Gasteiger partial charge in [-0.15, -0.1) is 0 Å². The van der Waals surface area contributed by atoms with E-state index in [9.17, 15) is 18.0 Å². The zero-order valence-corrected chi connectivity index (χ0v) is 15.1. The number of aromatic nitrogens is 2. The lowest BCUT2D eigenvalue weighted by molar-refractivity contribution is 0.0721. The molecule has 1 fully saturated rings. The molecule has 26 heavy (non-hydrogen) atoms. The van der Waals surface area contributed by atoms with Gasteiger partial charge >= 0.3 is 0 Å². The zero-order chi connectivity index (χ0) is 19.0. The van der Waals surface area contributed by atoms with Gasteiger partial charge in [0.25, 0.3) is 5.91 Å². The predicted octanol–water partition coefficient (Wildman–Crippen LogP) is 4.10. The van der Waals surface area contributed by atoms with Crippen molar-refractivity contribution in [1.29, 1.82) is 0 Å². The van der Waals surface area contributed by atoms with Crippen molar-refractivity contribution in [2.45, 2.75) is 51.9 Å². The second-order valence-corrected chi connectivity index (χ2v) is 7.03. The number of hydrogen-bond acceptors (Lipinski definition) is 2. The lowest BCUT2D eigenvalue weighted by Gasteiger charge is -2.24. The van der Waals surface area contributed by atoms with Crippen LogP contribution in [0.4, 0.5) is 13.2 Å². The molecule has 0 bridgehead atoms. The summed E-state index contributed by atoms with van der Waals surface area (Å²) >= 11 is 0. The van der Waals surface area contributed by atoms with Crippen molar-refractivity contribution in [1.82, 2.24) is 14.7 Å². The summed E-state index contributed by atoms with van der Waals surface area (Å²) in [5.74, 6) is -1.68. The molecule has 0 saturated heterocycles. The first-order valence-corrected chi connectivity index (χ1v) is 8.70. The minimum absolute atomic E-state index is 0.0437. The predicted molar refractivity (Wildman–Crippen MR) is 91.4 cm³/mol. The number of amides is 1. The van der Waals surface area contributed by atoms with Crippen molar-refractivity contribution in [2.75, 3.05) is 0 Å². The maximum Gasteiger partial charge on any atom is 0.261 e. The molecule has 0 unspecified atom stereocenters. The van der Waals surface area contributed by atoms with Crippen molar-refractivity contribution in [2.24, 2.45) is 7.05 Å².